The third-order valence-corrected chi connectivity index (χ3v) is 8.74. The van der Waals surface area contributed by atoms with Gasteiger partial charge in [0, 0.05) is 25.7 Å². The smallest absolute Gasteiger partial charge is 0.408 e. The SMILES string of the molecule is COc1nonc1C(=O)N[C@H](c1cn2ncc(C[C@@]3(NC(=O)C4(F)CC4)C[C@@H](C(F)(F)F)NC3=O)cc2n1)C1CCC(F)(F)CC1. The van der Waals surface area contributed by atoms with Gasteiger partial charge in [0.05, 0.1) is 31.2 Å². The summed E-state index contributed by atoms with van der Waals surface area (Å²) in [6.45, 7) is 0. The molecule has 3 fully saturated rings. The van der Waals surface area contributed by atoms with Gasteiger partial charge in [-0.05, 0) is 53.5 Å². The lowest BCUT2D eigenvalue weighted by molar-refractivity contribution is -0.155. The molecule has 248 valence electrons. The fraction of sp³-hybridized carbons (Fsp3) is 0.593. The van der Waals surface area contributed by atoms with Gasteiger partial charge in [-0.1, -0.05) is 0 Å². The number of fused-ring (bicyclic) bond motifs is 1. The second-order valence-corrected chi connectivity index (χ2v) is 12.0. The Kier molecular flexibility index (Phi) is 7.62. The van der Waals surface area contributed by atoms with Crippen molar-refractivity contribution < 1.29 is 50.1 Å². The Bertz CT molecular complexity index is 1660. The topological polar surface area (TPSA) is 166 Å². The number of hydrogen-bond donors (Lipinski definition) is 3. The van der Waals surface area contributed by atoms with E-state index in [1.54, 1.807) is 0 Å². The molecule has 3 aromatic rings. The molecule has 2 saturated carbocycles. The van der Waals surface area contributed by atoms with E-state index in [1.807, 2.05) is 5.32 Å². The number of methoxy groups -OCH3 is 1. The van der Waals surface area contributed by atoms with Crippen molar-refractivity contribution in [2.24, 2.45) is 5.92 Å². The summed E-state index contributed by atoms with van der Waals surface area (Å²) < 4.78 is 94.1. The number of alkyl halides is 6. The van der Waals surface area contributed by atoms with Crippen molar-refractivity contribution in [3.05, 3.63) is 35.4 Å². The zero-order valence-corrected chi connectivity index (χ0v) is 24.2. The summed E-state index contributed by atoms with van der Waals surface area (Å²) in [4.78, 5) is 43.2. The van der Waals surface area contributed by atoms with Crippen LogP contribution in [-0.4, -0.2) is 79.1 Å². The highest BCUT2D eigenvalue weighted by Gasteiger charge is 2.59. The lowest BCUT2D eigenvalue weighted by atomic mass is 9.81. The lowest BCUT2D eigenvalue weighted by Gasteiger charge is -2.33. The molecule has 19 heteroatoms. The lowest BCUT2D eigenvalue weighted by Crippen LogP contribution is -2.57. The van der Waals surface area contributed by atoms with Crippen LogP contribution in [0.1, 0.15) is 72.7 Å². The van der Waals surface area contributed by atoms with Crippen molar-refractivity contribution in [3.63, 3.8) is 0 Å². The zero-order valence-electron chi connectivity index (χ0n) is 24.2. The van der Waals surface area contributed by atoms with Gasteiger partial charge in [-0.2, -0.15) is 18.3 Å². The van der Waals surface area contributed by atoms with Crippen LogP contribution in [-0.2, 0) is 16.0 Å². The minimum atomic E-state index is -4.82. The first-order valence-corrected chi connectivity index (χ1v) is 14.4. The van der Waals surface area contributed by atoms with Crippen LogP contribution in [0.5, 0.6) is 5.88 Å². The van der Waals surface area contributed by atoms with Crippen molar-refractivity contribution >= 4 is 23.4 Å². The number of nitrogens with zero attached hydrogens (tertiary/aromatic N) is 5. The maximum Gasteiger partial charge on any atom is 0.408 e. The number of hydrogen-bond acceptors (Lipinski definition) is 9. The average molecular weight is 659 g/mol. The standard InChI is InChI=1S/C27H28F6N8O5/c1-45-21-19(39-46-40-21)20(42)37-18(14-2-4-26(29,30)5-3-14)15-12-41-17(35-15)8-13(11-34-41)9-25(38-22(43)24(28)6-7-24)10-16(27(31,32)33)36-23(25)44/h8,11-12,14,16,18H,2-7,9-10H2,1H3,(H,36,44)(H,37,42)(H,38,43)/t16-,18-,25+/m0/s1. The zero-order chi connectivity index (χ0) is 33.1. The van der Waals surface area contributed by atoms with Gasteiger partial charge in [-0.15, -0.1) is 0 Å². The molecule has 13 nitrogen and oxygen atoms in total. The van der Waals surface area contributed by atoms with E-state index in [9.17, 15) is 40.7 Å². The van der Waals surface area contributed by atoms with E-state index in [0.717, 1.165) is 0 Å². The largest absolute Gasteiger partial charge is 0.477 e. The third kappa shape index (κ3) is 6.05. The Labute approximate surface area is 255 Å². The molecule has 3 atom stereocenters. The maximum absolute atomic E-state index is 14.5. The molecule has 0 spiro atoms. The molecule has 0 unspecified atom stereocenters. The van der Waals surface area contributed by atoms with Gasteiger partial charge in [-0.25, -0.2) is 27.3 Å². The van der Waals surface area contributed by atoms with E-state index >= 15 is 0 Å². The predicted octanol–water partition coefficient (Wildman–Crippen LogP) is 2.77. The minimum Gasteiger partial charge on any atom is -0.477 e. The summed E-state index contributed by atoms with van der Waals surface area (Å²) in [5, 5.41) is 18.1. The molecule has 3 aromatic heterocycles. The van der Waals surface area contributed by atoms with Gasteiger partial charge >= 0.3 is 6.18 Å². The van der Waals surface area contributed by atoms with Crippen molar-refractivity contribution in [2.75, 3.05) is 7.11 Å². The highest BCUT2D eigenvalue weighted by atomic mass is 19.4. The number of halogens is 6. The number of imidazole rings is 1. The second kappa shape index (κ2) is 11.1. The highest BCUT2D eigenvalue weighted by molar-refractivity contribution is 5.97. The van der Waals surface area contributed by atoms with Gasteiger partial charge in [0.2, 0.25) is 17.5 Å². The number of aromatic nitrogens is 5. The first-order valence-electron chi connectivity index (χ1n) is 14.4. The number of carbonyl (C=O) groups is 3. The fourth-order valence-corrected chi connectivity index (χ4v) is 5.98. The quantitative estimate of drug-likeness (QED) is 0.293. The molecule has 1 saturated heterocycles. The van der Waals surface area contributed by atoms with Crippen LogP contribution >= 0.6 is 0 Å². The van der Waals surface area contributed by atoms with Gasteiger partial charge < -0.3 is 20.7 Å². The molecule has 3 N–H and O–H groups in total. The van der Waals surface area contributed by atoms with Gasteiger partial charge in [-0.3, -0.25) is 14.4 Å². The number of carbonyl (C=O) groups excluding carboxylic acids is 3. The number of ether oxygens (including phenoxy) is 1. The summed E-state index contributed by atoms with van der Waals surface area (Å²) in [5.74, 6) is -6.59. The number of nitrogens with one attached hydrogen (secondary N) is 3. The van der Waals surface area contributed by atoms with Crippen LogP contribution in [0.25, 0.3) is 5.65 Å². The summed E-state index contributed by atoms with van der Waals surface area (Å²) in [5.41, 5.74) is -4.08. The molecule has 4 heterocycles. The normalized spacial score (nSPS) is 24.8. The van der Waals surface area contributed by atoms with Crippen LogP contribution < -0.4 is 20.7 Å². The fourth-order valence-electron chi connectivity index (χ4n) is 5.98. The van der Waals surface area contributed by atoms with Gasteiger partial charge in [0.1, 0.15) is 11.6 Å². The third-order valence-electron chi connectivity index (χ3n) is 8.74. The molecular weight excluding hydrogens is 630 g/mol. The van der Waals surface area contributed by atoms with Crippen molar-refractivity contribution in [1.82, 2.24) is 40.9 Å². The highest BCUT2D eigenvalue weighted by Crippen LogP contribution is 2.43. The second-order valence-electron chi connectivity index (χ2n) is 12.0. The molecule has 2 aliphatic carbocycles. The van der Waals surface area contributed by atoms with E-state index in [2.05, 4.69) is 35.7 Å². The monoisotopic (exact) mass is 658 g/mol. The first-order chi connectivity index (χ1) is 21.6. The van der Waals surface area contributed by atoms with E-state index in [1.165, 1.54) is 30.1 Å². The van der Waals surface area contributed by atoms with Crippen LogP contribution in [0.4, 0.5) is 26.3 Å². The predicted molar refractivity (Wildman–Crippen MR) is 141 cm³/mol. The summed E-state index contributed by atoms with van der Waals surface area (Å²) >= 11 is 0. The summed E-state index contributed by atoms with van der Waals surface area (Å²) in [7, 11) is 1.25. The van der Waals surface area contributed by atoms with Gasteiger partial charge in [0.25, 0.3) is 17.7 Å². The molecule has 6 rings (SSSR count). The van der Waals surface area contributed by atoms with E-state index in [4.69, 9.17) is 4.74 Å². The number of amides is 3. The van der Waals surface area contributed by atoms with Crippen molar-refractivity contribution in [1.29, 1.82) is 0 Å². The molecule has 3 aliphatic rings. The van der Waals surface area contributed by atoms with Gasteiger partial charge in [0.15, 0.2) is 11.3 Å². The van der Waals surface area contributed by atoms with Crippen molar-refractivity contribution in [3.8, 4) is 5.88 Å². The molecule has 46 heavy (non-hydrogen) atoms. The van der Waals surface area contributed by atoms with Crippen LogP contribution in [0, 0.1) is 5.92 Å². The molecule has 1 aliphatic heterocycles. The Hall–Kier alpha value is -4.45. The Morgan fingerprint density at radius 1 is 1.17 bits per heavy atom. The average Bonchev–Trinajstić information content (AvgIpc) is 3.31. The molecule has 3 amide bonds. The summed E-state index contributed by atoms with van der Waals surface area (Å²) in [6.07, 6.45) is -4.40. The molecule has 0 bridgehead atoms. The Balaban J connectivity index is 1.30. The van der Waals surface area contributed by atoms with E-state index in [0.29, 0.717) is 0 Å². The maximum atomic E-state index is 14.5. The van der Waals surface area contributed by atoms with E-state index < -0.39 is 84.7 Å². The molecular formula is C27H28F6N8O5. The number of rotatable bonds is 9. The minimum absolute atomic E-state index is 0.0481. The first kappa shape index (κ1) is 31.5. The van der Waals surface area contributed by atoms with E-state index in [-0.39, 0.29) is 54.2 Å². The van der Waals surface area contributed by atoms with Crippen LogP contribution in [0.15, 0.2) is 23.1 Å². The Morgan fingerprint density at radius 3 is 2.52 bits per heavy atom. The van der Waals surface area contributed by atoms with Crippen LogP contribution in [0.2, 0.25) is 0 Å². The molecule has 0 aromatic carbocycles. The van der Waals surface area contributed by atoms with Crippen molar-refractivity contribution in [2.45, 2.75) is 86.8 Å². The Morgan fingerprint density at radius 2 is 1.89 bits per heavy atom. The molecule has 0 radical (unpaired) electrons. The summed E-state index contributed by atoms with van der Waals surface area (Å²) in [6, 6.07) is -1.76. The van der Waals surface area contributed by atoms with Crippen LogP contribution in [0.3, 0.4) is 0 Å².